The third-order valence-electron chi connectivity index (χ3n) is 6.98. The number of hydrogen-bond donors (Lipinski definition) is 5. The number of ether oxygens (including phenoxy) is 2. The second-order valence-corrected chi connectivity index (χ2v) is 10.2. The number of carbonyl (C=O) groups is 2. The Morgan fingerprint density at radius 2 is 1.73 bits per heavy atom. The molecule has 7 N–H and O–H groups in total. The SMILES string of the molecule is CCOc1ccc(C[C@@H](N)C(=O)N[C@H](C(=O)NC2CCN(/C(N)=N/OC(O)C(F)(F)F)CC2)[C@H](OC)c2ccccc2)cc1. The molecular formula is C29H39F3N6O6. The van der Waals surface area contributed by atoms with Crippen molar-refractivity contribution >= 4 is 17.8 Å². The number of amides is 2. The Morgan fingerprint density at radius 1 is 1.09 bits per heavy atom. The van der Waals surface area contributed by atoms with Crippen molar-refractivity contribution in [3.8, 4) is 5.75 Å². The number of methoxy groups -OCH3 is 1. The average molecular weight is 625 g/mol. The number of aliphatic hydroxyl groups excluding tert-OH is 1. The predicted octanol–water partition coefficient (Wildman–Crippen LogP) is 1.54. The van der Waals surface area contributed by atoms with Gasteiger partial charge in [0.25, 0.3) is 0 Å². The zero-order valence-corrected chi connectivity index (χ0v) is 24.5. The van der Waals surface area contributed by atoms with E-state index in [2.05, 4.69) is 20.6 Å². The van der Waals surface area contributed by atoms with Crippen molar-refractivity contribution in [2.45, 2.75) is 62.9 Å². The number of alkyl halides is 3. The Labute approximate surface area is 253 Å². The zero-order chi connectivity index (χ0) is 32.3. The number of benzene rings is 2. The summed E-state index contributed by atoms with van der Waals surface area (Å²) in [4.78, 5) is 32.4. The number of likely N-dealkylation sites (tertiary alicyclic amines) is 1. The molecule has 0 aliphatic carbocycles. The summed E-state index contributed by atoms with van der Waals surface area (Å²) >= 11 is 0. The van der Waals surface area contributed by atoms with Crippen molar-refractivity contribution in [1.82, 2.24) is 15.5 Å². The lowest BCUT2D eigenvalue weighted by Crippen LogP contribution is -2.57. The maximum atomic E-state index is 13.6. The number of rotatable bonds is 13. The Morgan fingerprint density at radius 3 is 2.30 bits per heavy atom. The van der Waals surface area contributed by atoms with E-state index < -0.39 is 42.5 Å². The number of nitrogens with one attached hydrogen (secondary N) is 2. The lowest BCUT2D eigenvalue weighted by atomic mass is 9.98. The van der Waals surface area contributed by atoms with E-state index in [1.807, 2.05) is 25.1 Å². The smallest absolute Gasteiger partial charge is 0.454 e. The first-order valence-electron chi connectivity index (χ1n) is 14.1. The van der Waals surface area contributed by atoms with Gasteiger partial charge in [-0.15, -0.1) is 0 Å². The van der Waals surface area contributed by atoms with Gasteiger partial charge in [0.2, 0.25) is 17.8 Å². The third-order valence-corrected chi connectivity index (χ3v) is 6.98. The van der Waals surface area contributed by atoms with Crippen LogP contribution in [0, 0.1) is 0 Å². The van der Waals surface area contributed by atoms with Crippen molar-refractivity contribution < 1.29 is 42.2 Å². The molecule has 1 aliphatic heterocycles. The maximum absolute atomic E-state index is 13.6. The van der Waals surface area contributed by atoms with E-state index in [9.17, 15) is 22.8 Å². The highest BCUT2D eigenvalue weighted by molar-refractivity contribution is 5.90. The summed E-state index contributed by atoms with van der Waals surface area (Å²) in [7, 11) is 1.43. The van der Waals surface area contributed by atoms with E-state index in [1.54, 1.807) is 36.4 Å². The average Bonchev–Trinajstić information content (AvgIpc) is 3.01. The minimum Gasteiger partial charge on any atom is -0.494 e. The highest BCUT2D eigenvalue weighted by Gasteiger charge is 2.41. The third kappa shape index (κ3) is 9.99. The standard InChI is InChI=1S/C29H39F3N6O6/c1-3-43-21-11-9-18(10-12-21)17-22(33)25(39)36-23(24(42-2)19-7-5-4-6-8-19)26(40)35-20-13-15-38(16-14-20)28(34)37-44-27(41)29(30,31)32/h4-12,20,22-24,27,41H,3,13-17,33H2,1-2H3,(H2,34,37)(H,35,40)(H,36,39)/t22-,23+,24-,27?/m1/s1. The van der Waals surface area contributed by atoms with Gasteiger partial charge in [-0.25, -0.2) is 0 Å². The molecule has 15 heteroatoms. The van der Waals surface area contributed by atoms with E-state index in [1.165, 1.54) is 12.0 Å². The first kappa shape index (κ1) is 34.4. The Kier molecular flexibility index (Phi) is 12.6. The quantitative estimate of drug-likeness (QED) is 0.0959. The number of halogens is 3. The summed E-state index contributed by atoms with van der Waals surface area (Å²) in [6.07, 6.45) is -7.99. The van der Waals surface area contributed by atoms with Crippen LogP contribution in [0.15, 0.2) is 59.8 Å². The molecule has 2 amide bonds. The Balaban J connectivity index is 1.66. The van der Waals surface area contributed by atoms with Crippen LogP contribution >= 0.6 is 0 Å². The molecule has 44 heavy (non-hydrogen) atoms. The van der Waals surface area contributed by atoms with Gasteiger partial charge < -0.3 is 46.4 Å². The highest BCUT2D eigenvalue weighted by Crippen LogP contribution is 2.23. The number of hydrogen-bond acceptors (Lipinski definition) is 8. The van der Waals surface area contributed by atoms with Crippen molar-refractivity contribution in [1.29, 1.82) is 0 Å². The second-order valence-electron chi connectivity index (χ2n) is 10.2. The number of piperidine rings is 1. The minimum absolute atomic E-state index is 0.223. The van der Waals surface area contributed by atoms with Gasteiger partial charge in [0.15, 0.2) is 0 Å². The zero-order valence-electron chi connectivity index (χ0n) is 24.5. The summed E-state index contributed by atoms with van der Waals surface area (Å²) in [6, 6.07) is 13.7. The molecule has 0 radical (unpaired) electrons. The number of aliphatic hydroxyl groups is 1. The van der Waals surface area contributed by atoms with Crippen LogP contribution in [0.5, 0.6) is 5.75 Å². The van der Waals surface area contributed by atoms with Crippen LogP contribution in [-0.4, -0.2) is 85.2 Å². The minimum atomic E-state index is -5.01. The molecule has 12 nitrogen and oxygen atoms in total. The van der Waals surface area contributed by atoms with Crippen LogP contribution in [0.25, 0.3) is 0 Å². The van der Waals surface area contributed by atoms with Crippen LogP contribution in [0.4, 0.5) is 13.2 Å². The van der Waals surface area contributed by atoms with Crippen LogP contribution in [0.3, 0.4) is 0 Å². The molecule has 0 saturated carbocycles. The van der Waals surface area contributed by atoms with Gasteiger partial charge in [-0.05, 0) is 54.6 Å². The van der Waals surface area contributed by atoms with Gasteiger partial charge in [0.05, 0.1) is 12.6 Å². The topological polar surface area (TPSA) is 174 Å². The molecule has 0 spiro atoms. The van der Waals surface area contributed by atoms with Crippen LogP contribution in [0.1, 0.15) is 37.0 Å². The molecule has 1 aliphatic rings. The second kappa shape index (κ2) is 16.1. The fourth-order valence-corrected chi connectivity index (χ4v) is 4.65. The number of guanidine groups is 1. The first-order valence-corrected chi connectivity index (χ1v) is 14.1. The van der Waals surface area contributed by atoms with E-state index in [-0.39, 0.29) is 31.5 Å². The van der Waals surface area contributed by atoms with Crippen molar-refractivity contribution in [3.63, 3.8) is 0 Å². The first-order chi connectivity index (χ1) is 20.9. The molecule has 0 bridgehead atoms. The van der Waals surface area contributed by atoms with Gasteiger partial charge in [-0.2, -0.15) is 13.2 Å². The van der Waals surface area contributed by atoms with E-state index in [4.69, 9.17) is 26.0 Å². The fraction of sp³-hybridized carbons (Fsp3) is 0.483. The summed E-state index contributed by atoms with van der Waals surface area (Å²) in [5.41, 5.74) is 13.4. The molecule has 2 aromatic rings. The normalized spacial score (nSPS) is 17.2. The molecule has 1 unspecified atom stereocenters. The van der Waals surface area contributed by atoms with Crippen molar-refractivity contribution in [3.05, 3.63) is 65.7 Å². The van der Waals surface area contributed by atoms with Crippen molar-refractivity contribution in [2.75, 3.05) is 26.8 Å². The summed E-state index contributed by atoms with van der Waals surface area (Å²) < 4.78 is 48.5. The van der Waals surface area contributed by atoms with Crippen LogP contribution < -0.4 is 26.8 Å². The molecule has 1 saturated heterocycles. The van der Waals surface area contributed by atoms with E-state index in [0.717, 1.165) is 5.56 Å². The molecule has 0 aromatic heterocycles. The number of nitrogens with two attached hydrogens (primary N) is 2. The summed E-state index contributed by atoms with van der Waals surface area (Å²) in [5.74, 6) is -0.685. The Hall–Kier alpha value is -4.08. The highest BCUT2D eigenvalue weighted by atomic mass is 19.4. The van der Waals surface area contributed by atoms with E-state index >= 15 is 0 Å². The van der Waals surface area contributed by atoms with Crippen LogP contribution in [-0.2, 0) is 25.6 Å². The lowest BCUT2D eigenvalue weighted by molar-refractivity contribution is -0.294. The predicted molar refractivity (Wildman–Crippen MR) is 155 cm³/mol. The number of nitrogens with zero attached hydrogens (tertiary/aromatic N) is 2. The molecule has 4 atom stereocenters. The molecule has 1 heterocycles. The molecule has 2 aromatic carbocycles. The molecule has 242 valence electrons. The molecular weight excluding hydrogens is 585 g/mol. The van der Waals surface area contributed by atoms with Crippen LogP contribution in [0.2, 0.25) is 0 Å². The monoisotopic (exact) mass is 624 g/mol. The van der Waals surface area contributed by atoms with Crippen molar-refractivity contribution in [2.24, 2.45) is 16.6 Å². The van der Waals surface area contributed by atoms with Gasteiger partial charge in [-0.1, -0.05) is 42.5 Å². The summed E-state index contributed by atoms with van der Waals surface area (Å²) in [5, 5.41) is 17.8. The van der Waals surface area contributed by atoms with Gasteiger partial charge in [0.1, 0.15) is 17.9 Å². The summed E-state index contributed by atoms with van der Waals surface area (Å²) in [6.45, 7) is 2.88. The molecule has 3 rings (SSSR count). The largest absolute Gasteiger partial charge is 0.494 e. The lowest BCUT2D eigenvalue weighted by Gasteiger charge is -2.34. The number of oxime groups is 1. The van der Waals surface area contributed by atoms with Gasteiger partial charge in [0, 0.05) is 26.2 Å². The van der Waals surface area contributed by atoms with Gasteiger partial charge in [-0.3, -0.25) is 9.59 Å². The van der Waals surface area contributed by atoms with E-state index in [0.29, 0.717) is 30.8 Å². The molecule has 1 fully saturated rings. The van der Waals surface area contributed by atoms with Gasteiger partial charge >= 0.3 is 12.5 Å². The fourth-order valence-electron chi connectivity index (χ4n) is 4.65. The maximum Gasteiger partial charge on any atom is 0.454 e. The Bertz CT molecular complexity index is 1230. The number of carbonyl (C=O) groups excluding carboxylic acids is 2.